The Kier molecular flexibility index (Phi) is 5.84. The van der Waals surface area contributed by atoms with Crippen LogP contribution in [0.1, 0.15) is 23.6 Å². The zero-order valence-corrected chi connectivity index (χ0v) is 14.9. The van der Waals surface area contributed by atoms with E-state index < -0.39 is 0 Å². The van der Waals surface area contributed by atoms with E-state index in [4.69, 9.17) is 9.47 Å². The van der Waals surface area contributed by atoms with Gasteiger partial charge in [0.05, 0.1) is 19.8 Å². The van der Waals surface area contributed by atoms with E-state index in [1.54, 1.807) is 20.3 Å². The third kappa shape index (κ3) is 3.39. The molecule has 0 atom stereocenters. The maximum absolute atomic E-state index is 13.9. The van der Waals surface area contributed by atoms with Crippen molar-refractivity contribution in [2.75, 3.05) is 20.8 Å². The Hall–Kier alpha value is -2.07. The highest BCUT2D eigenvalue weighted by atomic mass is 35.5. The second-order valence-electron chi connectivity index (χ2n) is 5.71. The van der Waals surface area contributed by atoms with Gasteiger partial charge in [0, 0.05) is 18.9 Å². The molecule has 1 aliphatic rings. The van der Waals surface area contributed by atoms with E-state index in [9.17, 15) is 4.39 Å². The highest BCUT2D eigenvalue weighted by Crippen LogP contribution is 2.32. The van der Waals surface area contributed by atoms with E-state index in [1.165, 1.54) is 11.6 Å². The molecule has 0 unspecified atom stereocenters. The Labute approximate surface area is 148 Å². The molecule has 0 amide bonds. The fourth-order valence-corrected chi connectivity index (χ4v) is 3.09. The lowest BCUT2D eigenvalue weighted by atomic mass is 9.96. The Morgan fingerprint density at radius 1 is 1.08 bits per heavy atom. The number of methoxy groups -OCH3 is 2. The van der Waals surface area contributed by atoms with Crippen molar-refractivity contribution >= 4 is 5.71 Å². The van der Waals surface area contributed by atoms with Crippen molar-refractivity contribution in [3.63, 3.8) is 0 Å². The second-order valence-corrected chi connectivity index (χ2v) is 5.71. The summed E-state index contributed by atoms with van der Waals surface area (Å²) in [6, 6.07) is 11.0. The van der Waals surface area contributed by atoms with Gasteiger partial charge in [0.1, 0.15) is 12.4 Å². The van der Waals surface area contributed by atoms with E-state index in [1.807, 2.05) is 24.3 Å². The number of ether oxygens (including phenoxy) is 2. The molecule has 0 bridgehead atoms. The minimum absolute atomic E-state index is 0. The summed E-state index contributed by atoms with van der Waals surface area (Å²) >= 11 is 0. The molecule has 3 rings (SSSR count). The molecular formula is C19H21ClFNO2. The minimum Gasteiger partial charge on any atom is -1.00 e. The first-order valence-electron chi connectivity index (χ1n) is 7.71. The predicted octanol–water partition coefficient (Wildman–Crippen LogP) is 0.425. The normalized spacial score (nSPS) is 13.2. The van der Waals surface area contributed by atoms with Gasteiger partial charge in [-0.1, -0.05) is 12.1 Å². The zero-order chi connectivity index (χ0) is 16.4. The molecule has 2 aromatic rings. The first kappa shape index (κ1) is 18.3. The number of rotatable bonds is 4. The summed E-state index contributed by atoms with van der Waals surface area (Å²) in [4.78, 5) is 0. The molecule has 3 nitrogen and oxygen atoms in total. The van der Waals surface area contributed by atoms with Crippen LogP contribution in [0.5, 0.6) is 11.5 Å². The maximum atomic E-state index is 13.9. The van der Waals surface area contributed by atoms with Crippen LogP contribution in [0.25, 0.3) is 0 Å². The van der Waals surface area contributed by atoms with Gasteiger partial charge in [0.15, 0.2) is 23.8 Å². The molecule has 0 fully saturated rings. The molecule has 0 saturated heterocycles. The number of fused-ring (bicyclic) bond motifs is 1. The standard InChI is InChI=1S/C19H21FNO2.ClH/c1-13-16-11-19(23-3)18(22-2)10-14(16)8-9-21(13)12-15-6-4-5-7-17(15)20;/h4-7,10-11H,8-9,12H2,1-3H3;1H/q+1;/p-1. The van der Waals surface area contributed by atoms with Crippen molar-refractivity contribution in [2.45, 2.75) is 19.9 Å². The lowest BCUT2D eigenvalue weighted by Gasteiger charge is -2.19. The topological polar surface area (TPSA) is 21.5 Å². The van der Waals surface area contributed by atoms with Gasteiger partial charge in [-0.25, -0.2) is 8.97 Å². The van der Waals surface area contributed by atoms with Crippen molar-refractivity contribution in [1.29, 1.82) is 0 Å². The van der Waals surface area contributed by atoms with Crippen LogP contribution < -0.4 is 21.9 Å². The van der Waals surface area contributed by atoms with E-state index in [0.29, 0.717) is 6.54 Å². The largest absolute Gasteiger partial charge is 1.00 e. The average Bonchev–Trinajstić information content (AvgIpc) is 2.58. The smallest absolute Gasteiger partial charge is 0.180 e. The van der Waals surface area contributed by atoms with Crippen LogP contribution in [0, 0.1) is 5.82 Å². The highest BCUT2D eigenvalue weighted by Gasteiger charge is 2.25. The van der Waals surface area contributed by atoms with Crippen LogP contribution in [-0.2, 0) is 13.0 Å². The molecule has 1 heterocycles. The molecule has 1 aliphatic heterocycles. The van der Waals surface area contributed by atoms with Crippen LogP contribution in [0.2, 0.25) is 0 Å². The Morgan fingerprint density at radius 2 is 1.75 bits per heavy atom. The summed E-state index contributed by atoms with van der Waals surface area (Å²) in [5.41, 5.74) is 4.24. The lowest BCUT2D eigenvalue weighted by molar-refractivity contribution is -0.545. The molecule has 0 aliphatic carbocycles. The first-order valence-corrected chi connectivity index (χ1v) is 7.71. The van der Waals surface area contributed by atoms with Crippen molar-refractivity contribution in [1.82, 2.24) is 0 Å². The Balaban J connectivity index is 0.00000208. The number of hydrogen-bond acceptors (Lipinski definition) is 2. The van der Waals surface area contributed by atoms with E-state index in [2.05, 4.69) is 11.5 Å². The van der Waals surface area contributed by atoms with Gasteiger partial charge in [0.2, 0.25) is 0 Å². The maximum Gasteiger partial charge on any atom is 0.180 e. The highest BCUT2D eigenvalue weighted by molar-refractivity contribution is 5.97. The monoisotopic (exact) mass is 349 g/mol. The van der Waals surface area contributed by atoms with Gasteiger partial charge in [-0.15, -0.1) is 0 Å². The fourth-order valence-electron chi connectivity index (χ4n) is 3.09. The molecule has 0 radical (unpaired) electrons. The molecular weight excluding hydrogens is 329 g/mol. The van der Waals surface area contributed by atoms with E-state index in [-0.39, 0.29) is 18.2 Å². The average molecular weight is 350 g/mol. The summed E-state index contributed by atoms with van der Waals surface area (Å²) in [5.74, 6) is 1.32. The fraction of sp³-hybridized carbons (Fsp3) is 0.316. The minimum atomic E-state index is -0.154. The van der Waals surface area contributed by atoms with Crippen molar-refractivity contribution in [3.8, 4) is 11.5 Å². The van der Waals surface area contributed by atoms with Crippen molar-refractivity contribution in [2.24, 2.45) is 0 Å². The van der Waals surface area contributed by atoms with Crippen molar-refractivity contribution in [3.05, 3.63) is 58.9 Å². The number of benzene rings is 2. The van der Waals surface area contributed by atoms with Crippen LogP contribution in [0.15, 0.2) is 36.4 Å². The molecule has 0 N–H and O–H groups in total. The van der Waals surface area contributed by atoms with Crippen LogP contribution >= 0.6 is 0 Å². The molecule has 5 heteroatoms. The summed E-state index contributed by atoms with van der Waals surface area (Å²) in [5, 5.41) is 0. The van der Waals surface area contributed by atoms with Gasteiger partial charge in [-0.05, 0) is 29.8 Å². The van der Waals surface area contributed by atoms with E-state index in [0.717, 1.165) is 41.3 Å². The molecule has 0 aromatic heterocycles. The zero-order valence-electron chi connectivity index (χ0n) is 14.1. The van der Waals surface area contributed by atoms with E-state index >= 15 is 0 Å². The Morgan fingerprint density at radius 3 is 2.42 bits per heavy atom. The second kappa shape index (κ2) is 7.67. The predicted molar refractivity (Wildman–Crippen MR) is 88.3 cm³/mol. The molecule has 0 saturated carbocycles. The number of hydrogen-bond donors (Lipinski definition) is 0. The quantitative estimate of drug-likeness (QED) is 0.746. The van der Waals surface area contributed by atoms with Crippen LogP contribution in [-0.4, -0.2) is 31.1 Å². The third-order valence-electron chi connectivity index (χ3n) is 4.44. The Bertz CT molecular complexity index is 774. The SMILES string of the molecule is COc1cc2c(cc1OC)C(C)=[N+](Cc1ccccc1F)CC2.[Cl-]. The van der Waals surface area contributed by atoms with Gasteiger partial charge in [-0.2, -0.15) is 0 Å². The molecule has 24 heavy (non-hydrogen) atoms. The third-order valence-corrected chi connectivity index (χ3v) is 4.44. The molecule has 0 spiro atoms. The molecule has 2 aromatic carbocycles. The van der Waals surface area contributed by atoms with Crippen LogP contribution in [0.4, 0.5) is 4.39 Å². The van der Waals surface area contributed by atoms with Gasteiger partial charge < -0.3 is 21.9 Å². The summed E-state index contributed by atoms with van der Waals surface area (Å²) < 4.78 is 26.9. The number of nitrogens with zero attached hydrogens (tertiary/aromatic N) is 1. The summed E-state index contributed by atoms with van der Waals surface area (Å²) in [6.07, 6.45) is 0.904. The van der Waals surface area contributed by atoms with Crippen LogP contribution in [0.3, 0.4) is 0 Å². The lowest BCUT2D eigenvalue weighted by Crippen LogP contribution is -3.00. The summed E-state index contributed by atoms with van der Waals surface area (Å²) in [6.45, 7) is 3.51. The summed E-state index contributed by atoms with van der Waals surface area (Å²) in [7, 11) is 3.29. The number of halogens is 2. The van der Waals surface area contributed by atoms with Gasteiger partial charge in [-0.3, -0.25) is 0 Å². The van der Waals surface area contributed by atoms with Crippen molar-refractivity contribution < 1.29 is 30.8 Å². The molecule has 128 valence electrons. The van der Waals surface area contributed by atoms with Gasteiger partial charge in [0.25, 0.3) is 0 Å². The van der Waals surface area contributed by atoms with Gasteiger partial charge >= 0.3 is 0 Å². The first-order chi connectivity index (χ1) is 11.1.